The van der Waals surface area contributed by atoms with Crippen LogP contribution in [0, 0.1) is 32.8 Å². The smallest absolute Gasteiger partial charge is 0.278 e. The Balaban J connectivity index is 2.82. The first-order valence-corrected chi connectivity index (χ1v) is 6.94. The summed E-state index contributed by atoms with van der Waals surface area (Å²) in [5.41, 5.74) is -0.431. The van der Waals surface area contributed by atoms with Gasteiger partial charge in [-0.25, -0.2) is 0 Å². The van der Waals surface area contributed by atoms with E-state index in [9.17, 15) is 14.9 Å². The zero-order valence-electron chi connectivity index (χ0n) is 12.1. The highest BCUT2D eigenvalue weighted by Gasteiger charge is 2.23. The molecule has 0 saturated carbocycles. The summed E-state index contributed by atoms with van der Waals surface area (Å²) < 4.78 is 0. The molecule has 0 atom stereocenters. The number of nitrogens with zero attached hydrogens (tertiary/aromatic N) is 3. The minimum absolute atomic E-state index is 0.0160. The first-order chi connectivity index (χ1) is 11.5. The monoisotopic (exact) mass is 337 g/mol. The molecule has 0 aliphatic carbocycles. The van der Waals surface area contributed by atoms with Gasteiger partial charge in [-0.3, -0.25) is 14.9 Å². The van der Waals surface area contributed by atoms with E-state index < -0.39 is 10.6 Å². The molecule has 0 radical (unpaired) electrons. The molecule has 0 bridgehead atoms. The summed E-state index contributed by atoms with van der Waals surface area (Å²) >= 11 is 6.23. The van der Waals surface area contributed by atoms with E-state index in [4.69, 9.17) is 22.1 Å². The molecular weight excluding hydrogens is 330 g/mol. The van der Waals surface area contributed by atoms with E-state index in [1.54, 1.807) is 42.5 Å². The SMILES string of the molecule is N#Cc1cc(/C(C=O)=C(\Cl)c2ccccc2)c([N+](=O)[O-])cc1C#N. The maximum Gasteiger partial charge on any atom is 0.278 e. The zero-order valence-corrected chi connectivity index (χ0v) is 12.8. The number of hydrogen-bond acceptors (Lipinski definition) is 5. The predicted octanol–water partition coefficient (Wildman–Crippen LogP) is 3.64. The maximum atomic E-state index is 11.5. The Morgan fingerprint density at radius 3 is 2.21 bits per heavy atom. The third-order valence-electron chi connectivity index (χ3n) is 3.25. The number of carbonyl (C=O) groups is 1. The third kappa shape index (κ3) is 3.14. The summed E-state index contributed by atoms with van der Waals surface area (Å²) in [5, 5.41) is 29.4. The second-order valence-corrected chi connectivity index (χ2v) is 4.99. The Bertz CT molecular complexity index is 938. The van der Waals surface area contributed by atoms with Crippen molar-refractivity contribution in [2.24, 2.45) is 0 Å². The van der Waals surface area contributed by atoms with Crippen molar-refractivity contribution in [3.8, 4) is 12.1 Å². The number of nitro benzene ring substituents is 1. The summed E-state index contributed by atoms with van der Waals surface area (Å²) in [6.07, 6.45) is 0.394. The van der Waals surface area contributed by atoms with E-state index in [-0.39, 0.29) is 27.3 Å². The van der Waals surface area contributed by atoms with Crippen LogP contribution < -0.4 is 0 Å². The lowest BCUT2D eigenvalue weighted by molar-refractivity contribution is -0.385. The number of carbonyl (C=O) groups excluding carboxylic acids is 1. The average Bonchev–Trinajstić information content (AvgIpc) is 2.62. The molecule has 2 aromatic rings. The van der Waals surface area contributed by atoms with Crippen LogP contribution in [0.5, 0.6) is 0 Å². The van der Waals surface area contributed by atoms with E-state index >= 15 is 0 Å². The molecule has 2 aromatic carbocycles. The number of allylic oxidation sites excluding steroid dienone is 1. The average molecular weight is 338 g/mol. The molecule has 0 aliphatic heterocycles. The van der Waals surface area contributed by atoms with Crippen LogP contribution in [0.3, 0.4) is 0 Å². The molecule has 7 heteroatoms. The highest BCUT2D eigenvalue weighted by Crippen LogP contribution is 2.34. The van der Waals surface area contributed by atoms with Gasteiger partial charge in [0.15, 0.2) is 6.29 Å². The predicted molar refractivity (Wildman–Crippen MR) is 87.7 cm³/mol. The lowest BCUT2D eigenvalue weighted by atomic mass is 9.97. The quantitative estimate of drug-likeness (QED) is 0.278. The van der Waals surface area contributed by atoms with Crippen LogP contribution in [-0.4, -0.2) is 11.2 Å². The highest BCUT2D eigenvalue weighted by atomic mass is 35.5. The fraction of sp³-hybridized carbons (Fsp3) is 0. The zero-order chi connectivity index (χ0) is 17.7. The summed E-state index contributed by atoms with van der Waals surface area (Å²) in [7, 11) is 0. The number of hydrogen-bond donors (Lipinski definition) is 0. The molecular formula is C17H8ClN3O3. The van der Waals surface area contributed by atoms with Crippen molar-refractivity contribution in [2.75, 3.05) is 0 Å². The standard InChI is InChI=1S/C17H8ClN3O3/c18-17(11-4-2-1-3-5-11)15(10-22)14-6-12(8-19)13(9-20)7-16(14)21(23)24/h1-7,10H/b17-15-. The van der Waals surface area contributed by atoms with Crippen molar-refractivity contribution in [3.05, 3.63) is 74.8 Å². The van der Waals surface area contributed by atoms with E-state index in [0.717, 1.165) is 12.1 Å². The lowest BCUT2D eigenvalue weighted by Crippen LogP contribution is -2.00. The van der Waals surface area contributed by atoms with Gasteiger partial charge in [0.05, 0.1) is 26.6 Å². The molecule has 6 nitrogen and oxygen atoms in total. The Kier molecular flexibility index (Phi) is 5.06. The van der Waals surface area contributed by atoms with Gasteiger partial charge in [-0.1, -0.05) is 41.9 Å². The van der Waals surface area contributed by atoms with E-state index in [0.29, 0.717) is 11.8 Å². The summed E-state index contributed by atoms with van der Waals surface area (Å²) in [6, 6.07) is 14.1. The Labute approximate surface area is 142 Å². The Morgan fingerprint density at radius 1 is 1.12 bits per heavy atom. The van der Waals surface area contributed by atoms with Crippen LogP contribution in [0.2, 0.25) is 0 Å². The fourth-order valence-electron chi connectivity index (χ4n) is 2.11. The summed E-state index contributed by atoms with van der Waals surface area (Å²) in [4.78, 5) is 22.1. The van der Waals surface area contributed by atoms with Gasteiger partial charge in [-0.2, -0.15) is 10.5 Å². The van der Waals surface area contributed by atoms with Gasteiger partial charge >= 0.3 is 0 Å². The second-order valence-electron chi connectivity index (χ2n) is 4.61. The van der Waals surface area contributed by atoms with Gasteiger partial charge in [0, 0.05) is 11.6 Å². The molecule has 0 aromatic heterocycles. The first kappa shape index (κ1) is 16.9. The molecule has 0 saturated heterocycles. The normalized spacial score (nSPS) is 11.0. The highest BCUT2D eigenvalue weighted by molar-refractivity contribution is 6.55. The van der Waals surface area contributed by atoms with Crippen LogP contribution >= 0.6 is 11.6 Å². The summed E-state index contributed by atoms with van der Waals surface area (Å²) in [6.45, 7) is 0. The molecule has 0 aliphatic rings. The molecule has 0 heterocycles. The molecule has 2 rings (SSSR count). The number of benzene rings is 2. The van der Waals surface area contributed by atoms with E-state index in [1.165, 1.54) is 0 Å². The van der Waals surface area contributed by atoms with Gasteiger partial charge in [-0.05, 0) is 11.6 Å². The fourth-order valence-corrected chi connectivity index (χ4v) is 2.39. The molecule has 24 heavy (non-hydrogen) atoms. The maximum absolute atomic E-state index is 11.5. The molecule has 0 fully saturated rings. The number of rotatable bonds is 4. The van der Waals surface area contributed by atoms with Gasteiger partial charge in [-0.15, -0.1) is 0 Å². The minimum Gasteiger partial charge on any atom is -0.298 e. The van der Waals surface area contributed by atoms with E-state index in [2.05, 4.69) is 0 Å². The lowest BCUT2D eigenvalue weighted by Gasteiger charge is -2.08. The molecule has 0 amide bonds. The number of halogens is 1. The van der Waals surface area contributed by atoms with Crippen LogP contribution in [0.1, 0.15) is 22.3 Å². The number of nitro groups is 1. The second kappa shape index (κ2) is 7.19. The third-order valence-corrected chi connectivity index (χ3v) is 3.67. The van der Waals surface area contributed by atoms with Crippen LogP contribution in [0.4, 0.5) is 5.69 Å². The Hall–Kier alpha value is -3.48. The number of aldehydes is 1. The van der Waals surface area contributed by atoms with Crippen LogP contribution in [0.15, 0.2) is 42.5 Å². The van der Waals surface area contributed by atoms with Crippen molar-refractivity contribution in [2.45, 2.75) is 0 Å². The van der Waals surface area contributed by atoms with Crippen molar-refractivity contribution in [1.82, 2.24) is 0 Å². The summed E-state index contributed by atoms with van der Waals surface area (Å²) in [5.74, 6) is 0. The van der Waals surface area contributed by atoms with Crippen molar-refractivity contribution in [3.63, 3.8) is 0 Å². The minimum atomic E-state index is -0.726. The van der Waals surface area contributed by atoms with Crippen LogP contribution in [-0.2, 0) is 4.79 Å². The molecule has 0 unspecified atom stereocenters. The first-order valence-electron chi connectivity index (χ1n) is 6.56. The molecule has 0 N–H and O–H groups in total. The molecule has 0 spiro atoms. The Morgan fingerprint density at radius 2 is 1.71 bits per heavy atom. The van der Waals surface area contributed by atoms with Crippen molar-refractivity contribution < 1.29 is 9.72 Å². The molecule has 116 valence electrons. The van der Waals surface area contributed by atoms with Gasteiger partial charge < -0.3 is 0 Å². The van der Waals surface area contributed by atoms with Gasteiger partial charge in [0.1, 0.15) is 12.1 Å². The topological polar surface area (TPSA) is 108 Å². The van der Waals surface area contributed by atoms with Crippen molar-refractivity contribution in [1.29, 1.82) is 10.5 Å². The van der Waals surface area contributed by atoms with E-state index in [1.807, 2.05) is 0 Å². The largest absolute Gasteiger partial charge is 0.298 e. The van der Waals surface area contributed by atoms with Crippen LogP contribution in [0.25, 0.3) is 10.6 Å². The van der Waals surface area contributed by atoms with Gasteiger partial charge in [0.25, 0.3) is 5.69 Å². The van der Waals surface area contributed by atoms with Gasteiger partial charge in [0.2, 0.25) is 0 Å². The number of nitriles is 2. The van der Waals surface area contributed by atoms with Crippen molar-refractivity contribution >= 4 is 34.2 Å².